The summed E-state index contributed by atoms with van der Waals surface area (Å²) >= 11 is 0. The molecular weight excluding hydrogens is 419 g/mol. The van der Waals surface area contributed by atoms with E-state index in [0.717, 1.165) is 35.0 Å². The molecule has 7 heteroatoms. The van der Waals surface area contributed by atoms with Gasteiger partial charge >= 0.3 is 0 Å². The second-order valence-corrected chi connectivity index (χ2v) is 9.65. The average Bonchev–Trinajstić information content (AvgIpc) is 3.49. The van der Waals surface area contributed by atoms with Gasteiger partial charge in [0.05, 0.1) is 41.5 Å². The number of aliphatic hydroxyl groups excluding tert-OH is 1. The van der Waals surface area contributed by atoms with Crippen LogP contribution in [0.15, 0.2) is 55.1 Å². The summed E-state index contributed by atoms with van der Waals surface area (Å²) in [6, 6.07) is 11.0. The number of nitrogens with zero attached hydrogens (tertiary/aromatic N) is 4. The summed E-state index contributed by atoms with van der Waals surface area (Å²) < 4.78 is 18.5. The van der Waals surface area contributed by atoms with Crippen LogP contribution in [0.5, 0.6) is 0 Å². The Morgan fingerprint density at radius 2 is 2.03 bits per heavy atom. The van der Waals surface area contributed by atoms with Crippen molar-refractivity contribution in [2.24, 2.45) is 7.05 Å². The molecule has 0 radical (unpaired) electrons. The van der Waals surface area contributed by atoms with Crippen molar-refractivity contribution in [3.05, 3.63) is 72.1 Å². The van der Waals surface area contributed by atoms with Gasteiger partial charge in [-0.15, -0.1) is 0 Å². The summed E-state index contributed by atoms with van der Waals surface area (Å²) in [5.41, 5.74) is 3.27. The third-order valence-corrected chi connectivity index (χ3v) is 7.70. The van der Waals surface area contributed by atoms with Crippen LogP contribution in [0.4, 0.5) is 4.39 Å². The van der Waals surface area contributed by atoms with Crippen molar-refractivity contribution in [3.8, 4) is 11.3 Å². The first-order valence-electron chi connectivity index (χ1n) is 11.6. The fraction of sp³-hybridized carbons (Fsp3) is 0.385. The fourth-order valence-electron chi connectivity index (χ4n) is 5.86. The monoisotopic (exact) mass is 446 g/mol. The van der Waals surface area contributed by atoms with Crippen LogP contribution in [0.2, 0.25) is 0 Å². The lowest BCUT2D eigenvalue weighted by molar-refractivity contribution is -0.105. The number of rotatable bonds is 4. The van der Waals surface area contributed by atoms with Gasteiger partial charge in [0.25, 0.3) is 0 Å². The molecule has 1 aliphatic heterocycles. The summed E-state index contributed by atoms with van der Waals surface area (Å²) in [7, 11) is 1.92. The van der Waals surface area contributed by atoms with Crippen LogP contribution in [0, 0.1) is 5.82 Å². The summed E-state index contributed by atoms with van der Waals surface area (Å²) in [5, 5.41) is 28.2. The van der Waals surface area contributed by atoms with Crippen LogP contribution >= 0.6 is 0 Å². The largest absolute Gasteiger partial charge is 0.390 e. The fourth-order valence-corrected chi connectivity index (χ4v) is 5.86. The number of aromatic nitrogens is 4. The molecule has 6 nitrogen and oxygen atoms in total. The van der Waals surface area contributed by atoms with Gasteiger partial charge in [0, 0.05) is 36.2 Å². The standard InChI is InChI=1S/C26H27FN4O2/c1-30-14-18-6-5-17(11-21(18)29-30)16-7-9-26(33,10-8-16)24(32)12-22-25-19(3-2-4-20(25)27)23-13-28-15-31(22)23/h2-6,11,13-16,22,24,32-33H,7-10,12H2,1H3/t16?,22-,24+,26?/m1/s1. The summed E-state index contributed by atoms with van der Waals surface area (Å²) in [4.78, 5) is 4.22. The number of hydrogen-bond acceptors (Lipinski definition) is 4. The van der Waals surface area contributed by atoms with E-state index in [9.17, 15) is 14.6 Å². The molecule has 3 heterocycles. The maximum atomic E-state index is 14.7. The minimum atomic E-state index is -1.18. The molecular formula is C26H27FN4O2. The van der Waals surface area contributed by atoms with E-state index in [0.29, 0.717) is 24.3 Å². The van der Waals surface area contributed by atoms with Crippen LogP contribution in [-0.4, -0.2) is 41.2 Å². The molecule has 1 fully saturated rings. The van der Waals surface area contributed by atoms with Gasteiger partial charge in [0.2, 0.25) is 0 Å². The van der Waals surface area contributed by atoms with Crippen LogP contribution < -0.4 is 0 Å². The van der Waals surface area contributed by atoms with Crippen molar-refractivity contribution >= 4 is 10.9 Å². The Morgan fingerprint density at radius 1 is 1.21 bits per heavy atom. The Balaban J connectivity index is 1.19. The average molecular weight is 447 g/mol. The molecule has 2 N–H and O–H groups in total. The van der Waals surface area contributed by atoms with Gasteiger partial charge in [-0.1, -0.05) is 24.3 Å². The zero-order valence-electron chi connectivity index (χ0n) is 18.5. The maximum Gasteiger partial charge on any atom is 0.129 e. The third kappa shape index (κ3) is 3.30. The predicted molar refractivity (Wildman–Crippen MR) is 123 cm³/mol. The molecule has 2 aromatic carbocycles. The molecule has 2 aliphatic rings. The van der Waals surface area contributed by atoms with Gasteiger partial charge in [0.15, 0.2) is 0 Å². The van der Waals surface area contributed by atoms with Crippen LogP contribution in [0.1, 0.15) is 55.2 Å². The van der Waals surface area contributed by atoms with E-state index in [4.69, 9.17) is 0 Å². The molecule has 0 spiro atoms. The lowest BCUT2D eigenvalue weighted by atomic mass is 9.72. The van der Waals surface area contributed by atoms with E-state index < -0.39 is 11.7 Å². The van der Waals surface area contributed by atoms with E-state index in [1.807, 2.05) is 28.6 Å². The molecule has 0 bridgehead atoms. The highest BCUT2D eigenvalue weighted by Crippen LogP contribution is 2.46. The number of imidazole rings is 1. The van der Waals surface area contributed by atoms with Crippen LogP contribution in [0.3, 0.4) is 0 Å². The molecule has 6 rings (SSSR count). The summed E-state index contributed by atoms with van der Waals surface area (Å²) in [6.45, 7) is 0. The molecule has 170 valence electrons. The van der Waals surface area contributed by atoms with E-state index in [-0.39, 0.29) is 18.3 Å². The van der Waals surface area contributed by atoms with Crippen molar-refractivity contribution in [1.82, 2.24) is 19.3 Å². The number of hydrogen-bond donors (Lipinski definition) is 2. The van der Waals surface area contributed by atoms with E-state index in [1.54, 1.807) is 18.6 Å². The molecule has 33 heavy (non-hydrogen) atoms. The minimum absolute atomic E-state index is 0.248. The molecule has 2 aromatic heterocycles. The third-order valence-electron chi connectivity index (χ3n) is 7.70. The Bertz CT molecular complexity index is 1340. The number of halogens is 1. The zero-order valence-corrected chi connectivity index (χ0v) is 18.5. The van der Waals surface area contributed by atoms with Crippen molar-refractivity contribution in [1.29, 1.82) is 0 Å². The first-order chi connectivity index (χ1) is 15.9. The number of benzene rings is 2. The van der Waals surface area contributed by atoms with Gasteiger partial charge < -0.3 is 14.8 Å². The van der Waals surface area contributed by atoms with Gasteiger partial charge in [-0.3, -0.25) is 4.68 Å². The molecule has 1 saturated carbocycles. The first-order valence-corrected chi connectivity index (χ1v) is 11.6. The minimum Gasteiger partial charge on any atom is -0.390 e. The lowest BCUT2D eigenvalue weighted by Gasteiger charge is -2.40. The molecule has 0 saturated heterocycles. The van der Waals surface area contributed by atoms with Gasteiger partial charge in [0.1, 0.15) is 5.82 Å². The number of aliphatic hydroxyl groups is 2. The Kier molecular flexibility index (Phi) is 4.67. The van der Waals surface area contributed by atoms with Crippen molar-refractivity contribution in [2.45, 2.75) is 55.8 Å². The van der Waals surface area contributed by atoms with E-state index >= 15 is 0 Å². The molecule has 2 atom stereocenters. The highest BCUT2D eigenvalue weighted by molar-refractivity contribution is 5.78. The predicted octanol–water partition coefficient (Wildman–Crippen LogP) is 4.32. The number of fused-ring (bicyclic) bond motifs is 4. The normalized spacial score (nSPS) is 25.2. The van der Waals surface area contributed by atoms with Gasteiger partial charge in [-0.2, -0.15) is 5.10 Å². The molecule has 1 aliphatic carbocycles. The maximum absolute atomic E-state index is 14.7. The Morgan fingerprint density at radius 3 is 2.85 bits per heavy atom. The van der Waals surface area contributed by atoms with Crippen LogP contribution in [-0.2, 0) is 7.05 Å². The SMILES string of the molecule is Cn1cc2ccc(C3CCC(O)([C@@H](O)C[C@@H]4c5c(F)cccc5-c5cncn54)CC3)cc2n1. The topological polar surface area (TPSA) is 76.1 Å². The van der Waals surface area contributed by atoms with Crippen molar-refractivity contribution in [3.63, 3.8) is 0 Å². The van der Waals surface area contributed by atoms with Crippen molar-refractivity contribution < 1.29 is 14.6 Å². The molecule has 0 unspecified atom stereocenters. The second-order valence-electron chi connectivity index (χ2n) is 9.65. The van der Waals surface area contributed by atoms with Crippen LogP contribution in [0.25, 0.3) is 22.2 Å². The Labute approximate surface area is 191 Å². The highest BCUT2D eigenvalue weighted by atomic mass is 19.1. The number of aryl methyl sites for hydroxylation is 1. The van der Waals surface area contributed by atoms with Crippen molar-refractivity contribution in [2.75, 3.05) is 0 Å². The molecule has 4 aromatic rings. The lowest BCUT2D eigenvalue weighted by Crippen LogP contribution is -2.46. The first kappa shape index (κ1) is 20.6. The van der Waals surface area contributed by atoms with Gasteiger partial charge in [-0.05, 0) is 49.3 Å². The quantitative estimate of drug-likeness (QED) is 0.490. The van der Waals surface area contributed by atoms with Gasteiger partial charge in [-0.25, -0.2) is 9.37 Å². The summed E-state index contributed by atoms with van der Waals surface area (Å²) in [5.74, 6) is 0.0443. The molecule has 0 amide bonds. The zero-order chi connectivity index (χ0) is 22.7. The highest BCUT2D eigenvalue weighted by Gasteiger charge is 2.43. The smallest absolute Gasteiger partial charge is 0.129 e. The second kappa shape index (κ2) is 7.50. The Hall–Kier alpha value is -3.03. The van der Waals surface area contributed by atoms with E-state index in [2.05, 4.69) is 28.3 Å². The van der Waals surface area contributed by atoms with E-state index in [1.165, 1.54) is 11.6 Å². The summed E-state index contributed by atoms with van der Waals surface area (Å²) in [6.07, 6.45) is 7.30.